The van der Waals surface area contributed by atoms with Crippen LogP contribution in [0.3, 0.4) is 0 Å². The molecule has 110 valence electrons. The van der Waals surface area contributed by atoms with E-state index in [4.69, 9.17) is 27.9 Å². The number of rotatable bonds is 2. The molecule has 1 saturated heterocycles. The molecule has 2 aliphatic rings. The van der Waals surface area contributed by atoms with Gasteiger partial charge in [0.05, 0.1) is 18.9 Å². The second-order valence-corrected chi connectivity index (χ2v) is 5.31. The Balaban J connectivity index is 1.94. The van der Waals surface area contributed by atoms with E-state index >= 15 is 0 Å². The average Bonchev–Trinajstić information content (AvgIpc) is 2.70. The molecular weight excluding hydrogens is 317 g/mol. The normalized spacial score (nSPS) is 19.7. The third kappa shape index (κ3) is 2.50. The summed E-state index contributed by atoms with van der Waals surface area (Å²) < 4.78 is 5.24. The van der Waals surface area contributed by atoms with Gasteiger partial charge in [0.25, 0.3) is 11.8 Å². The van der Waals surface area contributed by atoms with Gasteiger partial charge in [-0.2, -0.15) is 0 Å². The third-order valence-corrected chi connectivity index (χ3v) is 3.85. The summed E-state index contributed by atoms with van der Waals surface area (Å²) in [5.74, 6) is -1.00. The molecule has 0 bridgehead atoms. The molecule has 0 spiro atoms. The van der Waals surface area contributed by atoms with Crippen LogP contribution in [0.25, 0.3) is 0 Å². The Morgan fingerprint density at radius 1 is 1.14 bits per heavy atom. The number of nitrogens with zero attached hydrogens (tertiary/aromatic N) is 3. The van der Waals surface area contributed by atoms with Gasteiger partial charge >= 0.3 is 0 Å². The van der Waals surface area contributed by atoms with Crippen LogP contribution in [0.2, 0.25) is 5.15 Å². The van der Waals surface area contributed by atoms with E-state index in [2.05, 4.69) is 4.98 Å². The maximum absolute atomic E-state index is 12.6. The first-order valence-corrected chi connectivity index (χ1v) is 7.08. The number of carbonyl (C=O) groups is 2. The van der Waals surface area contributed by atoms with Crippen LogP contribution in [0.1, 0.15) is 0 Å². The summed E-state index contributed by atoms with van der Waals surface area (Å²) >= 11 is 11.9. The fourth-order valence-electron chi connectivity index (χ4n) is 2.32. The molecule has 0 unspecified atom stereocenters. The van der Waals surface area contributed by atoms with Gasteiger partial charge in [0.2, 0.25) is 0 Å². The van der Waals surface area contributed by atoms with Crippen molar-refractivity contribution >= 4 is 40.7 Å². The standard InChI is InChI=1S/C13H11Cl2N3O3/c14-9-7-8(1-2-16-9)18-12(19)10(15)11(13(18)20)17-3-5-21-6-4-17/h1-2,7H,3-6H2. The highest BCUT2D eigenvalue weighted by Crippen LogP contribution is 2.31. The molecule has 3 heterocycles. The van der Waals surface area contributed by atoms with E-state index in [9.17, 15) is 9.59 Å². The number of aromatic nitrogens is 1. The average molecular weight is 328 g/mol. The number of halogens is 2. The van der Waals surface area contributed by atoms with Crippen molar-refractivity contribution in [2.24, 2.45) is 0 Å². The maximum Gasteiger partial charge on any atom is 0.283 e. The molecule has 0 N–H and O–H groups in total. The molecule has 6 nitrogen and oxygen atoms in total. The molecule has 0 aromatic carbocycles. The summed E-state index contributed by atoms with van der Waals surface area (Å²) in [4.78, 5) is 31.4. The largest absolute Gasteiger partial charge is 0.378 e. The van der Waals surface area contributed by atoms with Gasteiger partial charge in [-0.15, -0.1) is 0 Å². The predicted molar refractivity (Wildman–Crippen MR) is 77.0 cm³/mol. The molecule has 0 radical (unpaired) electrons. The van der Waals surface area contributed by atoms with E-state index < -0.39 is 11.8 Å². The first kappa shape index (κ1) is 14.3. The van der Waals surface area contributed by atoms with Crippen molar-refractivity contribution in [1.82, 2.24) is 9.88 Å². The van der Waals surface area contributed by atoms with Gasteiger partial charge in [0, 0.05) is 19.3 Å². The van der Waals surface area contributed by atoms with E-state index in [0.717, 1.165) is 4.90 Å². The molecule has 21 heavy (non-hydrogen) atoms. The van der Waals surface area contributed by atoms with Gasteiger partial charge in [0.1, 0.15) is 15.9 Å². The van der Waals surface area contributed by atoms with Crippen molar-refractivity contribution in [1.29, 1.82) is 0 Å². The number of hydrogen-bond donors (Lipinski definition) is 0. The Hall–Kier alpha value is -1.63. The van der Waals surface area contributed by atoms with E-state index in [0.29, 0.717) is 32.0 Å². The highest BCUT2D eigenvalue weighted by molar-refractivity contribution is 6.52. The minimum atomic E-state index is -0.551. The zero-order valence-electron chi connectivity index (χ0n) is 10.9. The van der Waals surface area contributed by atoms with Gasteiger partial charge in [-0.05, 0) is 12.1 Å². The Labute approximate surface area is 130 Å². The summed E-state index contributed by atoms with van der Waals surface area (Å²) in [6, 6.07) is 2.98. The third-order valence-electron chi connectivity index (χ3n) is 3.30. The van der Waals surface area contributed by atoms with Crippen LogP contribution in [0.4, 0.5) is 5.69 Å². The van der Waals surface area contributed by atoms with E-state index in [1.165, 1.54) is 18.3 Å². The number of ether oxygens (including phenoxy) is 1. The number of amides is 2. The Bertz CT molecular complexity index is 641. The van der Waals surface area contributed by atoms with Gasteiger partial charge in [-0.25, -0.2) is 9.88 Å². The highest BCUT2D eigenvalue weighted by atomic mass is 35.5. The first-order chi connectivity index (χ1) is 10.1. The Kier molecular flexibility index (Phi) is 3.84. The molecule has 2 aliphatic heterocycles. The highest BCUT2D eigenvalue weighted by Gasteiger charge is 2.41. The molecule has 3 rings (SSSR count). The van der Waals surface area contributed by atoms with Crippen LogP contribution in [-0.4, -0.2) is 48.0 Å². The Morgan fingerprint density at radius 3 is 2.52 bits per heavy atom. The molecular formula is C13H11Cl2N3O3. The maximum atomic E-state index is 12.6. The van der Waals surface area contributed by atoms with Crippen molar-refractivity contribution in [3.63, 3.8) is 0 Å². The molecule has 2 amide bonds. The molecule has 8 heteroatoms. The van der Waals surface area contributed by atoms with Crippen molar-refractivity contribution in [3.05, 3.63) is 34.2 Å². The summed E-state index contributed by atoms with van der Waals surface area (Å²) in [5.41, 5.74) is 0.573. The van der Waals surface area contributed by atoms with Crippen molar-refractivity contribution in [2.75, 3.05) is 31.2 Å². The molecule has 0 aliphatic carbocycles. The topological polar surface area (TPSA) is 62.7 Å². The minimum absolute atomic E-state index is 0.0742. The zero-order valence-corrected chi connectivity index (χ0v) is 12.4. The summed E-state index contributed by atoms with van der Waals surface area (Å²) in [6.45, 7) is 2.04. The van der Waals surface area contributed by atoms with E-state index in [1.807, 2.05) is 0 Å². The van der Waals surface area contributed by atoms with Gasteiger partial charge < -0.3 is 9.64 Å². The number of imide groups is 1. The SMILES string of the molecule is O=C1C(Cl)=C(N2CCOCC2)C(=O)N1c1ccnc(Cl)c1. The second-order valence-electron chi connectivity index (χ2n) is 4.54. The fraction of sp³-hybridized carbons (Fsp3) is 0.308. The van der Waals surface area contributed by atoms with Crippen molar-refractivity contribution in [2.45, 2.75) is 0 Å². The van der Waals surface area contributed by atoms with Gasteiger partial charge in [-0.3, -0.25) is 9.59 Å². The smallest absolute Gasteiger partial charge is 0.283 e. The molecule has 1 aromatic heterocycles. The van der Waals surface area contributed by atoms with Crippen LogP contribution in [0, 0.1) is 0 Å². The lowest BCUT2D eigenvalue weighted by Crippen LogP contribution is -2.40. The van der Waals surface area contributed by atoms with E-state index in [-0.39, 0.29) is 15.9 Å². The molecule has 0 atom stereocenters. The van der Waals surface area contributed by atoms with Crippen molar-refractivity contribution in [3.8, 4) is 0 Å². The van der Waals surface area contributed by atoms with Crippen LogP contribution in [-0.2, 0) is 14.3 Å². The molecule has 0 saturated carbocycles. The predicted octanol–water partition coefficient (Wildman–Crippen LogP) is 1.39. The Morgan fingerprint density at radius 2 is 1.86 bits per heavy atom. The quantitative estimate of drug-likeness (QED) is 0.606. The molecule has 1 fully saturated rings. The lowest BCUT2D eigenvalue weighted by atomic mass is 10.3. The van der Waals surface area contributed by atoms with Gasteiger partial charge in [0.15, 0.2) is 0 Å². The van der Waals surface area contributed by atoms with Crippen LogP contribution in [0.15, 0.2) is 29.1 Å². The van der Waals surface area contributed by atoms with Crippen LogP contribution >= 0.6 is 23.2 Å². The van der Waals surface area contributed by atoms with Crippen LogP contribution < -0.4 is 4.90 Å². The summed E-state index contributed by atoms with van der Waals surface area (Å²) in [7, 11) is 0. The minimum Gasteiger partial charge on any atom is -0.378 e. The van der Waals surface area contributed by atoms with Crippen molar-refractivity contribution < 1.29 is 14.3 Å². The van der Waals surface area contributed by atoms with Gasteiger partial charge in [-0.1, -0.05) is 23.2 Å². The number of pyridine rings is 1. The number of hydrogen-bond acceptors (Lipinski definition) is 5. The second kappa shape index (κ2) is 5.63. The number of morpholine rings is 1. The fourth-order valence-corrected chi connectivity index (χ4v) is 2.77. The summed E-state index contributed by atoms with van der Waals surface area (Å²) in [5, 5.41) is 0.124. The monoisotopic (exact) mass is 327 g/mol. The molecule has 1 aromatic rings. The van der Waals surface area contributed by atoms with Crippen LogP contribution in [0.5, 0.6) is 0 Å². The lowest BCUT2D eigenvalue weighted by Gasteiger charge is -2.29. The zero-order chi connectivity index (χ0) is 15.0. The lowest BCUT2D eigenvalue weighted by molar-refractivity contribution is -0.121. The van der Waals surface area contributed by atoms with E-state index in [1.54, 1.807) is 4.90 Å². The summed E-state index contributed by atoms with van der Waals surface area (Å²) in [6.07, 6.45) is 1.43. The number of anilines is 1. The first-order valence-electron chi connectivity index (χ1n) is 6.32. The number of carbonyl (C=O) groups excluding carboxylic acids is 2.